The molecule has 1 heterocycles. The van der Waals surface area contributed by atoms with E-state index in [0.717, 1.165) is 11.4 Å². The van der Waals surface area contributed by atoms with Gasteiger partial charge < -0.3 is 5.32 Å². The van der Waals surface area contributed by atoms with Crippen LogP contribution in [-0.4, -0.2) is 11.0 Å². The Hall–Kier alpha value is -1.05. The highest BCUT2D eigenvalue weighted by molar-refractivity contribution is 5.49. The van der Waals surface area contributed by atoms with Gasteiger partial charge in [-0.3, -0.25) is 4.98 Å². The lowest BCUT2D eigenvalue weighted by molar-refractivity contribution is 0.811. The van der Waals surface area contributed by atoms with Crippen LogP contribution in [0.25, 0.3) is 0 Å². The Morgan fingerprint density at radius 3 is 2.20 bits per heavy atom. The molecule has 0 spiro atoms. The second-order valence-corrected chi connectivity index (χ2v) is 3.89. The van der Waals surface area contributed by atoms with Crippen LogP contribution in [0.1, 0.15) is 53.2 Å². The fourth-order valence-corrected chi connectivity index (χ4v) is 1.31. The van der Waals surface area contributed by atoms with Crippen molar-refractivity contribution >= 4 is 5.69 Å². The summed E-state index contributed by atoms with van der Waals surface area (Å²) >= 11 is 0. The number of nitrogens with zero attached hydrogens (tertiary/aromatic N) is 1. The van der Waals surface area contributed by atoms with E-state index >= 15 is 0 Å². The van der Waals surface area contributed by atoms with Crippen molar-refractivity contribution in [1.29, 1.82) is 0 Å². The van der Waals surface area contributed by atoms with Gasteiger partial charge in [-0.25, -0.2) is 0 Å². The van der Waals surface area contributed by atoms with E-state index in [1.54, 1.807) is 0 Å². The van der Waals surface area contributed by atoms with Crippen LogP contribution >= 0.6 is 0 Å². The lowest BCUT2D eigenvalue weighted by atomic mass is 10.1. The molecule has 0 fully saturated rings. The zero-order valence-corrected chi connectivity index (χ0v) is 10.8. The van der Waals surface area contributed by atoms with E-state index < -0.39 is 0 Å². The maximum Gasteiger partial charge on any atom is 0.0660 e. The summed E-state index contributed by atoms with van der Waals surface area (Å²) in [6, 6.07) is 4.51. The highest BCUT2D eigenvalue weighted by Crippen LogP contribution is 2.21. The van der Waals surface area contributed by atoms with Gasteiger partial charge in [0.25, 0.3) is 0 Å². The van der Waals surface area contributed by atoms with Gasteiger partial charge in [-0.05, 0) is 31.9 Å². The molecule has 0 aliphatic rings. The smallest absolute Gasteiger partial charge is 0.0660 e. The Labute approximate surface area is 94.1 Å². The van der Waals surface area contributed by atoms with Crippen LogP contribution in [0.15, 0.2) is 18.3 Å². The molecule has 1 aromatic heterocycles. The van der Waals surface area contributed by atoms with Gasteiger partial charge in [-0.15, -0.1) is 0 Å². The third-order valence-corrected chi connectivity index (χ3v) is 1.83. The summed E-state index contributed by atoms with van der Waals surface area (Å²) in [7, 11) is 0. The summed E-state index contributed by atoms with van der Waals surface area (Å²) in [5, 5.41) is 3.39. The second-order valence-electron chi connectivity index (χ2n) is 3.89. The van der Waals surface area contributed by atoms with Crippen LogP contribution < -0.4 is 5.32 Å². The maximum absolute atomic E-state index is 4.37. The molecular formula is C13H24N2. The Balaban J connectivity index is 0.000000921. The van der Waals surface area contributed by atoms with Crippen LogP contribution in [0.4, 0.5) is 5.69 Å². The van der Waals surface area contributed by atoms with E-state index in [0.29, 0.717) is 12.0 Å². The van der Waals surface area contributed by atoms with Crippen molar-refractivity contribution in [3.8, 4) is 0 Å². The normalized spacial score (nSPS) is 9.87. The third-order valence-electron chi connectivity index (χ3n) is 1.83. The first kappa shape index (κ1) is 13.9. The number of rotatable bonds is 3. The maximum atomic E-state index is 4.37. The van der Waals surface area contributed by atoms with Crippen molar-refractivity contribution < 1.29 is 0 Å². The fraction of sp³-hybridized carbons (Fsp3) is 0.615. The number of hydrogen-bond donors (Lipinski definition) is 1. The average Bonchev–Trinajstić information content (AvgIpc) is 2.20. The number of aromatic nitrogens is 1. The predicted octanol–water partition coefficient (Wildman–Crippen LogP) is 4.05. The molecule has 0 radical (unpaired) electrons. The molecule has 0 bridgehead atoms. The molecule has 0 saturated heterocycles. The summed E-state index contributed by atoms with van der Waals surface area (Å²) < 4.78 is 0. The van der Waals surface area contributed by atoms with Crippen LogP contribution in [0.5, 0.6) is 0 Å². The lowest BCUT2D eigenvalue weighted by Crippen LogP contribution is -2.12. The number of hydrogen-bond acceptors (Lipinski definition) is 2. The first-order chi connectivity index (χ1) is 7.11. The highest BCUT2D eigenvalue weighted by atomic mass is 14.9. The molecule has 2 heteroatoms. The van der Waals surface area contributed by atoms with Crippen LogP contribution in [0.3, 0.4) is 0 Å². The quantitative estimate of drug-likeness (QED) is 0.810. The molecule has 1 N–H and O–H groups in total. The van der Waals surface area contributed by atoms with Crippen molar-refractivity contribution in [2.24, 2.45) is 0 Å². The summed E-state index contributed by atoms with van der Waals surface area (Å²) in [6.45, 7) is 12.6. The molecule has 86 valence electrons. The zero-order chi connectivity index (χ0) is 11.8. The van der Waals surface area contributed by atoms with Gasteiger partial charge in [0.05, 0.1) is 11.4 Å². The summed E-state index contributed by atoms with van der Waals surface area (Å²) in [6.07, 6.45) is 1.85. The third kappa shape index (κ3) is 4.82. The number of anilines is 1. The second kappa shape index (κ2) is 7.27. The Morgan fingerprint density at radius 1 is 1.13 bits per heavy atom. The van der Waals surface area contributed by atoms with E-state index in [-0.39, 0.29) is 0 Å². The number of nitrogens with one attached hydrogen (secondary N) is 1. The average molecular weight is 208 g/mol. The number of pyridine rings is 1. The predicted molar refractivity (Wildman–Crippen MR) is 68.4 cm³/mol. The van der Waals surface area contributed by atoms with Crippen LogP contribution in [-0.2, 0) is 0 Å². The molecule has 0 aromatic carbocycles. The van der Waals surface area contributed by atoms with Crippen molar-refractivity contribution in [1.82, 2.24) is 4.98 Å². The van der Waals surface area contributed by atoms with Gasteiger partial charge in [-0.1, -0.05) is 27.7 Å². The zero-order valence-electron chi connectivity index (χ0n) is 10.8. The van der Waals surface area contributed by atoms with Gasteiger partial charge in [0.1, 0.15) is 0 Å². The Bertz CT molecular complexity index is 267. The van der Waals surface area contributed by atoms with Gasteiger partial charge >= 0.3 is 0 Å². The first-order valence-electron chi connectivity index (χ1n) is 5.82. The molecule has 15 heavy (non-hydrogen) atoms. The molecule has 1 aromatic rings. The molecule has 0 amide bonds. The minimum absolute atomic E-state index is 0.460. The molecule has 2 nitrogen and oxygen atoms in total. The van der Waals surface area contributed by atoms with Gasteiger partial charge in [0.15, 0.2) is 0 Å². The Kier molecular flexibility index (Phi) is 6.76. The summed E-state index contributed by atoms with van der Waals surface area (Å²) in [5.41, 5.74) is 2.31. The van der Waals surface area contributed by atoms with Crippen molar-refractivity contribution in [2.75, 3.05) is 5.32 Å². The Morgan fingerprint density at radius 2 is 1.73 bits per heavy atom. The highest BCUT2D eigenvalue weighted by Gasteiger charge is 2.07. The van der Waals surface area contributed by atoms with Crippen molar-refractivity contribution in [3.05, 3.63) is 24.0 Å². The van der Waals surface area contributed by atoms with Crippen LogP contribution in [0.2, 0.25) is 0 Å². The lowest BCUT2D eigenvalue weighted by Gasteiger charge is -2.15. The van der Waals surface area contributed by atoms with Crippen molar-refractivity contribution in [3.63, 3.8) is 0 Å². The largest absolute Gasteiger partial charge is 0.381 e. The van der Waals surface area contributed by atoms with E-state index in [4.69, 9.17) is 0 Å². The summed E-state index contributed by atoms with van der Waals surface area (Å²) in [5.74, 6) is 0.474. The minimum Gasteiger partial charge on any atom is -0.381 e. The van der Waals surface area contributed by atoms with Gasteiger partial charge in [0.2, 0.25) is 0 Å². The van der Waals surface area contributed by atoms with Crippen molar-refractivity contribution in [2.45, 2.75) is 53.5 Å². The molecule has 0 unspecified atom stereocenters. The minimum atomic E-state index is 0.460. The van der Waals surface area contributed by atoms with Gasteiger partial charge in [-0.2, -0.15) is 0 Å². The SMILES string of the molecule is CC.CC(C)Nc1cccnc1C(C)C. The van der Waals surface area contributed by atoms with E-state index in [1.165, 1.54) is 0 Å². The van der Waals surface area contributed by atoms with Gasteiger partial charge in [0, 0.05) is 12.2 Å². The summed E-state index contributed by atoms with van der Waals surface area (Å²) in [4.78, 5) is 4.37. The standard InChI is InChI=1S/C11H18N2.C2H6/c1-8(2)11-10(13-9(3)4)6-5-7-12-11;1-2/h5-9,13H,1-4H3;1-2H3. The molecule has 0 atom stereocenters. The fourth-order valence-electron chi connectivity index (χ4n) is 1.31. The van der Waals surface area contributed by atoms with Crippen LogP contribution in [0, 0.1) is 0 Å². The van der Waals surface area contributed by atoms with E-state index in [1.807, 2.05) is 26.1 Å². The first-order valence-corrected chi connectivity index (χ1v) is 5.82. The monoisotopic (exact) mass is 208 g/mol. The molecule has 0 aliphatic heterocycles. The van der Waals surface area contributed by atoms with E-state index in [2.05, 4.69) is 44.1 Å². The topological polar surface area (TPSA) is 24.9 Å². The molecular weight excluding hydrogens is 184 g/mol. The van der Waals surface area contributed by atoms with E-state index in [9.17, 15) is 0 Å². The molecule has 0 saturated carbocycles. The molecule has 1 rings (SSSR count). The molecule has 0 aliphatic carbocycles.